The maximum absolute atomic E-state index is 13.5. The molecule has 1 aliphatic heterocycles. The smallest absolute Gasteiger partial charge is 0.223 e. The van der Waals surface area contributed by atoms with Gasteiger partial charge in [-0.05, 0) is 45.2 Å². The van der Waals surface area contributed by atoms with E-state index in [1.165, 1.54) is 6.07 Å². The van der Waals surface area contributed by atoms with Gasteiger partial charge in [-0.2, -0.15) is 0 Å². The molecule has 1 atom stereocenters. The minimum absolute atomic E-state index is 0.0774. The highest BCUT2D eigenvalue weighted by Gasteiger charge is 2.36. The van der Waals surface area contributed by atoms with Gasteiger partial charge >= 0.3 is 0 Å². The Balaban J connectivity index is 1.88. The minimum Gasteiger partial charge on any atom is -0.374 e. The highest BCUT2D eigenvalue weighted by molar-refractivity contribution is 5.77. The number of hydrogen-bond donors (Lipinski definition) is 0. The first-order valence-electron chi connectivity index (χ1n) is 7.55. The molecule has 1 aliphatic rings. The molecule has 0 spiro atoms. The summed E-state index contributed by atoms with van der Waals surface area (Å²) >= 11 is 0. The van der Waals surface area contributed by atoms with Crippen molar-refractivity contribution in [3.05, 3.63) is 35.6 Å². The van der Waals surface area contributed by atoms with Gasteiger partial charge in [0.2, 0.25) is 5.91 Å². The summed E-state index contributed by atoms with van der Waals surface area (Å²) in [7, 11) is 0. The van der Waals surface area contributed by atoms with Gasteiger partial charge in [0.1, 0.15) is 5.82 Å². The second-order valence-electron chi connectivity index (χ2n) is 6.38. The Morgan fingerprint density at radius 3 is 2.86 bits per heavy atom. The quantitative estimate of drug-likeness (QED) is 0.853. The van der Waals surface area contributed by atoms with E-state index in [-0.39, 0.29) is 23.4 Å². The predicted octanol–water partition coefficient (Wildman–Crippen LogP) is 3.17. The van der Waals surface area contributed by atoms with Gasteiger partial charge < -0.3 is 9.64 Å². The zero-order chi connectivity index (χ0) is 15.5. The highest BCUT2D eigenvalue weighted by Crippen LogP contribution is 2.23. The third-order valence-electron chi connectivity index (χ3n) is 3.99. The van der Waals surface area contributed by atoms with E-state index >= 15 is 0 Å². The standard InChI is InChI=1S/C17H24FNO2/c1-13-11-19(17(2,3)12-21-13)16(20)10-6-8-14-7-4-5-9-15(14)18/h4-5,7,9,13H,6,8,10-12H2,1-3H3. The van der Waals surface area contributed by atoms with Gasteiger partial charge in [0, 0.05) is 13.0 Å². The zero-order valence-electron chi connectivity index (χ0n) is 13.1. The van der Waals surface area contributed by atoms with Crippen LogP contribution in [0.3, 0.4) is 0 Å². The maximum Gasteiger partial charge on any atom is 0.223 e. The van der Waals surface area contributed by atoms with Crippen molar-refractivity contribution in [3.8, 4) is 0 Å². The molecule has 0 saturated carbocycles. The lowest BCUT2D eigenvalue weighted by molar-refractivity contribution is -0.152. The Morgan fingerprint density at radius 1 is 1.43 bits per heavy atom. The molecule has 2 rings (SSSR count). The lowest BCUT2D eigenvalue weighted by atomic mass is 9.99. The molecular weight excluding hydrogens is 269 g/mol. The first-order chi connectivity index (χ1) is 9.90. The van der Waals surface area contributed by atoms with E-state index in [1.807, 2.05) is 31.7 Å². The topological polar surface area (TPSA) is 29.5 Å². The molecule has 0 aliphatic carbocycles. The van der Waals surface area contributed by atoms with Crippen LogP contribution >= 0.6 is 0 Å². The Morgan fingerprint density at radius 2 is 2.14 bits per heavy atom. The number of benzene rings is 1. The molecule has 21 heavy (non-hydrogen) atoms. The fraction of sp³-hybridized carbons (Fsp3) is 0.588. The Kier molecular flexibility index (Phi) is 4.99. The fourth-order valence-electron chi connectivity index (χ4n) is 2.69. The summed E-state index contributed by atoms with van der Waals surface area (Å²) in [6, 6.07) is 6.75. The molecule has 0 aromatic heterocycles. The van der Waals surface area contributed by atoms with E-state index < -0.39 is 0 Å². The number of hydrogen-bond acceptors (Lipinski definition) is 2. The SMILES string of the molecule is CC1CN(C(=O)CCCc2ccccc2F)C(C)(C)CO1. The Hall–Kier alpha value is -1.42. The molecule has 1 aromatic rings. The molecule has 0 bridgehead atoms. The summed E-state index contributed by atoms with van der Waals surface area (Å²) in [6.45, 7) is 7.22. The van der Waals surface area contributed by atoms with Gasteiger partial charge in [-0.3, -0.25) is 4.79 Å². The molecule has 1 fully saturated rings. The third kappa shape index (κ3) is 4.03. The molecule has 0 radical (unpaired) electrons. The first kappa shape index (κ1) is 16.0. The van der Waals surface area contributed by atoms with Gasteiger partial charge in [0.25, 0.3) is 0 Å². The minimum atomic E-state index is -0.262. The van der Waals surface area contributed by atoms with Crippen LogP contribution in [0.2, 0.25) is 0 Å². The fourth-order valence-corrected chi connectivity index (χ4v) is 2.69. The van der Waals surface area contributed by atoms with Crippen LogP contribution in [0, 0.1) is 5.82 Å². The van der Waals surface area contributed by atoms with E-state index in [4.69, 9.17) is 4.74 Å². The van der Waals surface area contributed by atoms with Crippen LogP contribution in [0.4, 0.5) is 4.39 Å². The van der Waals surface area contributed by atoms with Gasteiger partial charge in [-0.25, -0.2) is 4.39 Å². The number of rotatable bonds is 4. The van der Waals surface area contributed by atoms with E-state index in [9.17, 15) is 9.18 Å². The average molecular weight is 293 g/mol. The number of amides is 1. The van der Waals surface area contributed by atoms with Crippen molar-refractivity contribution in [3.63, 3.8) is 0 Å². The summed E-state index contributed by atoms with van der Waals surface area (Å²) in [5.41, 5.74) is 0.418. The van der Waals surface area contributed by atoms with Crippen LogP contribution in [-0.2, 0) is 16.0 Å². The zero-order valence-corrected chi connectivity index (χ0v) is 13.1. The molecule has 3 nitrogen and oxygen atoms in total. The maximum atomic E-state index is 13.5. The van der Waals surface area contributed by atoms with Crippen molar-refractivity contribution in [2.24, 2.45) is 0 Å². The Bertz CT molecular complexity index is 501. The summed E-state index contributed by atoms with van der Waals surface area (Å²) in [4.78, 5) is 14.3. The molecule has 1 amide bonds. The van der Waals surface area contributed by atoms with Crippen molar-refractivity contribution in [1.82, 2.24) is 4.90 Å². The number of halogens is 1. The molecule has 1 heterocycles. The summed E-state index contributed by atoms with van der Waals surface area (Å²) in [6.07, 6.45) is 1.79. The number of ether oxygens (including phenoxy) is 1. The van der Waals surface area contributed by atoms with Crippen LogP contribution in [0.25, 0.3) is 0 Å². The van der Waals surface area contributed by atoms with Gasteiger partial charge in [-0.1, -0.05) is 18.2 Å². The summed E-state index contributed by atoms with van der Waals surface area (Å²) in [5.74, 6) is -0.0586. The summed E-state index contributed by atoms with van der Waals surface area (Å²) < 4.78 is 19.2. The van der Waals surface area contributed by atoms with Gasteiger partial charge in [0.05, 0.1) is 18.2 Å². The second kappa shape index (κ2) is 6.56. The van der Waals surface area contributed by atoms with Crippen LogP contribution in [-0.4, -0.2) is 35.6 Å². The van der Waals surface area contributed by atoms with Gasteiger partial charge in [-0.15, -0.1) is 0 Å². The van der Waals surface area contributed by atoms with E-state index in [0.717, 1.165) is 0 Å². The first-order valence-corrected chi connectivity index (χ1v) is 7.55. The molecular formula is C17H24FNO2. The second-order valence-corrected chi connectivity index (χ2v) is 6.38. The predicted molar refractivity (Wildman–Crippen MR) is 80.5 cm³/mol. The largest absolute Gasteiger partial charge is 0.374 e. The van der Waals surface area contributed by atoms with Crippen LogP contribution in [0.1, 0.15) is 39.2 Å². The van der Waals surface area contributed by atoms with Crippen LogP contribution in [0.15, 0.2) is 24.3 Å². The van der Waals surface area contributed by atoms with Gasteiger partial charge in [0.15, 0.2) is 0 Å². The van der Waals surface area contributed by atoms with E-state index in [0.29, 0.717) is 38.0 Å². The highest BCUT2D eigenvalue weighted by atomic mass is 19.1. The monoisotopic (exact) mass is 293 g/mol. The van der Waals surface area contributed by atoms with Crippen molar-refractivity contribution < 1.29 is 13.9 Å². The molecule has 1 unspecified atom stereocenters. The molecule has 1 saturated heterocycles. The molecule has 116 valence electrons. The number of carbonyl (C=O) groups excluding carboxylic acids is 1. The van der Waals surface area contributed by atoms with Crippen molar-refractivity contribution in [2.45, 2.75) is 51.7 Å². The Labute approximate surface area is 126 Å². The number of morpholine rings is 1. The lowest BCUT2D eigenvalue weighted by Gasteiger charge is -2.44. The normalized spacial score (nSPS) is 21.3. The molecule has 4 heteroatoms. The third-order valence-corrected chi connectivity index (χ3v) is 3.99. The van der Waals surface area contributed by atoms with Crippen molar-refractivity contribution in [2.75, 3.05) is 13.2 Å². The lowest BCUT2D eigenvalue weighted by Crippen LogP contribution is -2.57. The van der Waals surface area contributed by atoms with Crippen LogP contribution < -0.4 is 0 Å². The van der Waals surface area contributed by atoms with Crippen LogP contribution in [0.5, 0.6) is 0 Å². The number of nitrogens with zero attached hydrogens (tertiary/aromatic N) is 1. The molecule has 1 aromatic carbocycles. The molecule has 0 N–H and O–H groups in total. The van der Waals surface area contributed by atoms with E-state index in [2.05, 4.69) is 0 Å². The summed E-state index contributed by atoms with van der Waals surface area (Å²) in [5, 5.41) is 0. The van der Waals surface area contributed by atoms with Crippen molar-refractivity contribution in [1.29, 1.82) is 0 Å². The number of carbonyl (C=O) groups is 1. The van der Waals surface area contributed by atoms with E-state index in [1.54, 1.807) is 12.1 Å². The van der Waals surface area contributed by atoms with Crippen molar-refractivity contribution >= 4 is 5.91 Å². The number of aryl methyl sites for hydroxylation is 1. The average Bonchev–Trinajstić information content (AvgIpc) is 2.43.